The largest absolute Gasteiger partial charge is 0.493 e. The third-order valence-corrected chi connectivity index (χ3v) is 6.41. The van der Waals surface area contributed by atoms with Crippen LogP contribution >= 0.6 is 23.1 Å². The van der Waals surface area contributed by atoms with Crippen LogP contribution in [-0.2, 0) is 6.61 Å². The SMILES string of the molecule is COc1cc(C(=O)NC2CCSc3c(F)cccc32)ccc1OCc1cscn1. The Bertz CT molecular complexity index is 1010. The summed E-state index contributed by atoms with van der Waals surface area (Å²) >= 11 is 2.99. The number of fused-ring (bicyclic) bond motifs is 1. The van der Waals surface area contributed by atoms with Crippen molar-refractivity contribution in [2.45, 2.75) is 24.0 Å². The number of thioether (sulfide) groups is 1. The lowest BCUT2D eigenvalue weighted by molar-refractivity contribution is 0.0934. The van der Waals surface area contributed by atoms with E-state index in [-0.39, 0.29) is 17.8 Å². The van der Waals surface area contributed by atoms with Crippen molar-refractivity contribution in [1.82, 2.24) is 10.3 Å². The Morgan fingerprint density at radius 3 is 3.00 bits per heavy atom. The van der Waals surface area contributed by atoms with Gasteiger partial charge < -0.3 is 14.8 Å². The number of rotatable bonds is 6. The molecule has 2 heterocycles. The third-order valence-electron chi connectivity index (χ3n) is 4.62. The Balaban J connectivity index is 1.49. The number of hydrogen-bond acceptors (Lipinski definition) is 6. The maximum atomic E-state index is 14.1. The Morgan fingerprint density at radius 1 is 1.31 bits per heavy atom. The normalized spacial score (nSPS) is 15.4. The molecule has 0 aliphatic carbocycles. The standard InChI is InChI=1S/C21H19FN2O3S2/c1-26-19-9-13(5-6-18(19)27-10-14-11-28-12-23-14)21(25)24-17-7-8-29-20-15(17)3-2-4-16(20)22/h2-6,9,11-12,17H,7-8,10H2,1H3,(H,24,25). The van der Waals surface area contributed by atoms with Crippen LogP contribution in [0.2, 0.25) is 0 Å². The minimum absolute atomic E-state index is 0.221. The van der Waals surface area contributed by atoms with Gasteiger partial charge in [0.25, 0.3) is 5.91 Å². The van der Waals surface area contributed by atoms with Crippen LogP contribution in [0.25, 0.3) is 0 Å². The fraction of sp³-hybridized carbons (Fsp3) is 0.238. The van der Waals surface area contributed by atoms with Gasteiger partial charge in [-0.15, -0.1) is 23.1 Å². The number of carbonyl (C=O) groups excluding carboxylic acids is 1. The molecule has 1 unspecified atom stereocenters. The number of carbonyl (C=O) groups is 1. The molecule has 1 amide bonds. The Morgan fingerprint density at radius 2 is 2.21 bits per heavy atom. The van der Waals surface area contributed by atoms with Crippen LogP contribution in [0.3, 0.4) is 0 Å². The number of amides is 1. The van der Waals surface area contributed by atoms with Gasteiger partial charge in [-0.1, -0.05) is 12.1 Å². The number of hydrogen-bond donors (Lipinski definition) is 1. The maximum Gasteiger partial charge on any atom is 0.251 e. The van der Waals surface area contributed by atoms with Gasteiger partial charge >= 0.3 is 0 Å². The average molecular weight is 431 g/mol. The molecule has 1 N–H and O–H groups in total. The van der Waals surface area contributed by atoms with E-state index in [4.69, 9.17) is 9.47 Å². The first kappa shape index (κ1) is 19.7. The van der Waals surface area contributed by atoms with Gasteiger partial charge in [0.1, 0.15) is 12.4 Å². The van der Waals surface area contributed by atoms with Gasteiger partial charge in [0.05, 0.1) is 24.4 Å². The van der Waals surface area contributed by atoms with E-state index in [0.717, 1.165) is 23.4 Å². The van der Waals surface area contributed by atoms with Gasteiger partial charge in [0.15, 0.2) is 11.5 Å². The molecule has 5 nitrogen and oxygen atoms in total. The number of ether oxygens (including phenoxy) is 2. The first-order valence-corrected chi connectivity index (χ1v) is 11.0. The van der Waals surface area contributed by atoms with Gasteiger partial charge in [0, 0.05) is 21.6 Å². The monoisotopic (exact) mass is 430 g/mol. The summed E-state index contributed by atoms with van der Waals surface area (Å²) in [6, 6.07) is 9.83. The molecular formula is C21H19FN2O3S2. The van der Waals surface area contributed by atoms with Crippen molar-refractivity contribution in [2.75, 3.05) is 12.9 Å². The molecule has 1 aliphatic rings. The zero-order valence-electron chi connectivity index (χ0n) is 15.7. The van der Waals surface area contributed by atoms with Crippen molar-refractivity contribution in [2.24, 2.45) is 0 Å². The number of nitrogens with one attached hydrogen (secondary N) is 1. The van der Waals surface area contributed by atoms with E-state index >= 15 is 0 Å². The average Bonchev–Trinajstić information content (AvgIpc) is 3.26. The lowest BCUT2D eigenvalue weighted by Crippen LogP contribution is -2.30. The second kappa shape index (κ2) is 8.84. The summed E-state index contributed by atoms with van der Waals surface area (Å²) in [5.41, 5.74) is 3.86. The van der Waals surface area contributed by atoms with Crippen molar-refractivity contribution in [3.8, 4) is 11.5 Å². The highest BCUT2D eigenvalue weighted by molar-refractivity contribution is 7.99. The fourth-order valence-corrected chi connectivity index (χ4v) is 4.85. The van der Waals surface area contributed by atoms with E-state index in [1.807, 2.05) is 11.4 Å². The summed E-state index contributed by atoms with van der Waals surface area (Å²) in [6.45, 7) is 0.327. The Kier molecular flexibility index (Phi) is 6.01. The summed E-state index contributed by atoms with van der Waals surface area (Å²) in [5, 5.41) is 4.93. The van der Waals surface area contributed by atoms with E-state index < -0.39 is 0 Å². The lowest BCUT2D eigenvalue weighted by atomic mass is 10.0. The van der Waals surface area contributed by atoms with E-state index in [1.54, 1.807) is 29.8 Å². The molecule has 0 radical (unpaired) electrons. The second-order valence-electron chi connectivity index (χ2n) is 6.46. The molecule has 1 atom stereocenters. The van der Waals surface area contributed by atoms with Crippen molar-refractivity contribution in [3.05, 3.63) is 69.9 Å². The maximum absolute atomic E-state index is 14.1. The molecule has 3 aromatic rings. The summed E-state index contributed by atoms with van der Waals surface area (Å²) < 4.78 is 25.2. The molecule has 1 aromatic heterocycles. The van der Waals surface area contributed by atoms with Gasteiger partial charge in [-0.25, -0.2) is 9.37 Å². The molecule has 0 saturated heterocycles. The number of nitrogens with zero attached hydrogens (tertiary/aromatic N) is 1. The Hall–Kier alpha value is -2.58. The summed E-state index contributed by atoms with van der Waals surface area (Å²) in [5.74, 6) is 1.29. The lowest BCUT2D eigenvalue weighted by Gasteiger charge is -2.26. The summed E-state index contributed by atoms with van der Waals surface area (Å²) in [4.78, 5) is 17.6. The molecule has 2 aromatic carbocycles. The van der Waals surface area contributed by atoms with Gasteiger partial charge in [-0.3, -0.25) is 4.79 Å². The molecule has 29 heavy (non-hydrogen) atoms. The smallest absolute Gasteiger partial charge is 0.251 e. The van der Waals surface area contributed by atoms with Crippen LogP contribution < -0.4 is 14.8 Å². The third kappa shape index (κ3) is 4.38. The number of aromatic nitrogens is 1. The predicted octanol–water partition coefficient (Wildman–Crippen LogP) is 4.84. The number of methoxy groups -OCH3 is 1. The minimum atomic E-state index is -0.241. The van der Waals surface area contributed by atoms with Crippen LogP contribution in [0.4, 0.5) is 4.39 Å². The predicted molar refractivity (Wildman–Crippen MR) is 111 cm³/mol. The number of thiazole rings is 1. The zero-order valence-corrected chi connectivity index (χ0v) is 17.3. The van der Waals surface area contributed by atoms with Crippen molar-refractivity contribution >= 4 is 29.0 Å². The minimum Gasteiger partial charge on any atom is -0.493 e. The van der Waals surface area contributed by atoms with Crippen molar-refractivity contribution in [1.29, 1.82) is 0 Å². The molecule has 4 rings (SSSR count). The van der Waals surface area contributed by atoms with Crippen molar-refractivity contribution < 1.29 is 18.7 Å². The zero-order chi connectivity index (χ0) is 20.2. The Labute approximate surface area is 176 Å². The highest BCUT2D eigenvalue weighted by Gasteiger charge is 2.25. The van der Waals surface area contributed by atoms with Crippen LogP contribution in [0, 0.1) is 5.82 Å². The first-order chi connectivity index (χ1) is 14.2. The summed E-state index contributed by atoms with van der Waals surface area (Å²) in [7, 11) is 1.53. The van der Waals surface area contributed by atoms with Gasteiger partial charge in [-0.2, -0.15) is 0 Å². The molecule has 0 spiro atoms. The quantitative estimate of drug-likeness (QED) is 0.607. The van der Waals surface area contributed by atoms with E-state index in [1.165, 1.54) is 36.3 Å². The van der Waals surface area contributed by atoms with Gasteiger partial charge in [0.2, 0.25) is 0 Å². The molecule has 0 saturated carbocycles. The molecule has 150 valence electrons. The molecule has 1 aliphatic heterocycles. The first-order valence-electron chi connectivity index (χ1n) is 9.05. The van der Waals surface area contributed by atoms with Crippen LogP contribution in [-0.4, -0.2) is 23.8 Å². The molecule has 0 fully saturated rings. The molecular weight excluding hydrogens is 411 g/mol. The van der Waals surface area contributed by atoms with Crippen molar-refractivity contribution in [3.63, 3.8) is 0 Å². The fourth-order valence-electron chi connectivity index (χ4n) is 3.17. The second-order valence-corrected chi connectivity index (χ2v) is 8.28. The molecule has 0 bridgehead atoms. The molecule has 8 heteroatoms. The highest BCUT2D eigenvalue weighted by atomic mass is 32.2. The number of halogens is 1. The van der Waals surface area contributed by atoms with Crippen LogP contribution in [0.15, 0.2) is 52.2 Å². The highest BCUT2D eigenvalue weighted by Crippen LogP contribution is 2.38. The van der Waals surface area contributed by atoms with Crippen LogP contribution in [0.1, 0.15) is 34.1 Å². The van der Waals surface area contributed by atoms with Crippen LogP contribution in [0.5, 0.6) is 11.5 Å². The summed E-state index contributed by atoms with van der Waals surface area (Å²) in [6.07, 6.45) is 0.749. The van der Waals surface area contributed by atoms with Gasteiger partial charge in [-0.05, 0) is 36.2 Å². The number of benzene rings is 2. The van der Waals surface area contributed by atoms with E-state index in [0.29, 0.717) is 28.6 Å². The van der Waals surface area contributed by atoms with E-state index in [9.17, 15) is 9.18 Å². The topological polar surface area (TPSA) is 60.5 Å². The van der Waals surface area contributed by atoms with E-state index in [2.05, 4.69) is 10.3 Å².